The Morgan fingerprint density at radius 3 is 2.83 bits per heavy atom. The van der Waals surface area contributed by atoms with Gasteiger partial charge in [-0.3, -0.25) is 10.1 Å². The Bertz CT molecular complexity index is 675. The number of hydrogen-bond acceptors (Lipinski definition) is 6. The molecule has 1 saturated heterocycles. The van der Waals surface area contributed by atoms with E-state index in [0.29, 0.717) is 19.6 Å². The van der Waals surface area contributed by atoms with E-state index in [1.54, 1.807) is 0 Å². The molecule has 1 aromatic carbocycles. The van der Waals surface area contributed by atoms with Crippen LogP contribution in [0.4, 0.5) is 5.69 Å². The number of nitrogens with two attached hydrogens (primary N) is 1. The number of benzene rings is 1. The van der Waals surface area contributed by atoms with Gasteiger partial charge in [-0.2, -0.15) is 4.31 Å². The molecule has 0 amide bonds. The Kier molecular flexibility index (Phi) is 5.55. The summed E-state index contributed by atoms with van der Waals surface area (Å²) in [5, 5.41) is 11.1. The van der Waals surface area contributed by atoms with Crippen LogP contribution in [0.1, 0.15) is 19.3 Å². The van der Waals surface area contributed by atoms with Gasteiger partial charge >= 0.3 is 5.69 Å². The fourth-order valence-corrected chi connectivity index (χ4v) is 4.41. The van der Waals surface area contributed by atoms with Gasteiger partial charge in [0.05, 0.1) is 16.9 Å². The maximum Gasteiger partial charge on any atom is 0.312 e. The lowest BCUT2D eigenvalue weighted by Gasteiger charge is -2.31. The molecule has 0 radical (unpaired) electrons. The third-order valence-corrected chi connectivity index (χ3v) is 5.90. The molecule has 1 atom stereocenters. The highest BCUT2D eigenvalue weighted by atomic mass is 32.2. The summed E-state index contributed by atoms with van der Waals surface area (Å²) in [5.74, 6) is 0.269. The topological polar surface area (TPSA) is 116 Å². The van der Waals surface area contributed by atoms with Gasteiger partial charge in [0.1, 0.15) is 0 Å². The Morgan fingerprint density at radius 2 is 2.22 bits per heavy atom. The third kappa shape index (κ3) is 3.80. The normalized spacial score (nSPS) is 19.5. The Hall–Kier alpha value is -1.71. The van der Waals surface area contributed by atoms with Gasteiger partial charge in [-0.15, -0.1) is 0 Å². The van der Waals surface area contributed by atoms with E-state index in [2.05, 4.69) is 0 Å². The minimum Gasteiger partial charge on any atom is -0.490 e. The molecule has 0 aromatic heterocycles. The van der Waals surface area contributed by atoms with Crippen molar-refractivity contribution in [3.63, 3.8) is 0 Å². The van der Waals surface area contributed by atoms with Crippen LogP contribution in [0.5, 0.6) is 5.75 Å². The molecular weight excluding hydrogens is 322 g/mol. The first kappa shape index (κ1) is 17.6. The second-order valence-corrected chi connectivity index (χ2v) is 7.48. The Balaban J connectivity index is 2.32. The molecule has 1 aliphatic heterocycles. The molecule has 2 N–H and O–H groups in total. The molecule has 0 saturated carbocycles. The first-order valence-electron chi connectivity index (χ1n) is 7.42. The standard InChI is InChI=1S/C14H21N3O5S/c1-22-14-5-4-12(9-13(14)17(18)19)23(20,21)16-8-2-3-11(10-16)6-7-15/h4-5,9,11H,2-3,6-8,10,15H2,1H3. The van der Waals surface area contributed by atoms with Gasteiger partial charge < -0.3 is 10.5 Å². The highest BCUT2D eigenvalue weighted by molar-refractivity contribution is 7.89. The second-order valence-electron chi connectivity index (χ2n) is 5.54. The van der Waals surface area contributed by atoms with Crippen LogP contribution in [-0.2, 0) is 10.0 Å². The van der Waals surface area contributed by atoms with Crippen LogP contribution in [-0.4, -0.2) is 44.4 Å². The molecule has 0 aliphatic carbocycles. The highest BCUT2D eigenvalue weighted by Crippen LogP contribution is 2.32. The monoisotopic (exact) mass is 343 g/mol. The molecular formula is C14H21N3O5S. The van der Waals surface area contributed by atoms with Crippen molar-refractivity contribution in [1.29, 1.82) is 0 Å². The summed E-state index contributed by atoms with van der Waals surface area (Å²) in [6.45, 7) is 1.34. The first-order valence-corrected chi connectivity index (χ1v) is 8.86. The van der Waals surface area contributed by atoms with Gasteiger partial charge in [0.2, 0.25) is 10.0 Å². The summed E-state index contributed by atoms with van der Waals surface area (Å²) in [4.78, 5) is 10.3. The molecule has 1 aromatic rings. The van der Waals surface area contributed by atoms with Crippen LogP contribution in [0.2, 0.25) is 0 Å². The van der Waals surface area contributed by atoms with Crippen molar-refractivity contribution < 1.29 is 18.1 Å². The van der Waals surface area contributed by atoms with Crippen molar-refractivity contribution in [2.45, 2.75) is 24.2 Å². The van der Waals surface area contributed by atoms with Crippen molar-refractivity contribution >= 4 is 15.7 Å². The van der Waals surface area contributed by atoms with E-state index in [1.807, 2.05) is 0 Å². The SMILES string of the molecule is COc1ccc(S(=O)(=O)N2CCCC(CCN)C2)cc1[N+](=O)[O-]. The van der Waals surface area contributed by atoms with E-state index in [1.165, 1.54) is 23.5 Å². The van der Waals surface area contributed by atoms with Gasteiger partial charge in [0.15, 0.2) is 5.75 Å². The largest absolute Gasteiger partial charge is 0.490 e. The number of sulfonamides is 1. The maximum absolute atomic E-state index is 12.7. The molecule has 1 heterocycles. The fraction of sp³-hybridized carbons (Fsp3) is 0.571. The average Bonchev–Trinajstić information content (AvgIpc) is 2.54. The Morgan fingerprint density at radius 1 is 1.48 bits per heavy atom. The molecule has 9 heteroatoms. The van der Waals surface area contributed by atoms with E-state index in [-0.39, 0.29) is 22.3 Å². The minimum atomic E-state index is -3.76. The minimum absolute atomic E-state index is 0.0357. The summed E-state index contributed by atoms with van der Waals surface area (Å²) in [5.41, 5.74) is 5.20. The quantitative estimate of drug-likeness (QED) is 0.616. The highest BCUT2D eigenvalue weighted by Gasteiger charge is 2.31. The van der Waals surface area contributed by atoms with Crippen LogP contribution < -0.4 is 10.5 Å². The van der Waals surface area contributed by atoms with Gasteiger partial charge in [-0.25, -0.2) is 8.42 Å². The zero-order valence-electron chi connectivity index (χ0n) is 13.0. The molecule has 0 bridgehead atoms. The number of nitrogens with zero attached hydrogens (tertiary/aromatic N) is 2. The summed E-state index contributed by atoms with van der Waals surface area (Å²) >= 11 is 0. The predicted molar refractivity (Wildman–Crippen MR) is 84.8 cm³/mol. The smallest absolute Gasteiger partial charge is 0.312 e. The number of methoxy groups -OCH3 is 1. The van der Waals surface area contributed by atoms with Crippen molar-refractivity contribution in [2.24, 2.45) is 11.7 Å². The number of nitro benzene ring substituents is 1. The zero-order valence-corrected chi connectivity index (χ0v) is 13.8. The number of hydrogen-bond donors (Lipinski definition) is 1. The van der Waals surface area contributed by atoms with Gasteiger partial charge in [-0.1, -0.05) is 0 Å². The zero-order chi connectivity index (χ0) is 17.0. The summed E-state index contributed by atoms with van der Waals surface area (Å²) in [6.07, 6.45) is 2.49. The molecule has 128 valence electrons. The van der Waals surface area contributed by atoms with Gasteiger partial charge in [0.25, 0.3) is 0 Å². The predicted octanol–water partition coefficient (Wildman–Crippen LogP) is 1.35. The Labute approximate surface area is 135 Å². The summed E-state index contributed by atoms with van der Waals surface area (Å²) in [6, 6.07) is 3.71. The lowest BCUT2D eigenvalue weighted by Crippen LogP contribution is -2.40. The van der Waals surface area contributed by atoms with Crippen molar-refractivity contribution in [3.8, 4) is 5.75 Å². The number of nitro groups is 1. The molecule has 1 aliphatic rings. The van der Waals surface area contributed by atoms with Crippen LogP contribution >= 0.6 is 0 Å². The molecule has 1 unspecified atom stereocenters. The fourth-order valence-electron chi connectivity index (χ4n) is 2.84. The van der Waals surface area contributed by atoms with E-state index >= 15 is 0 Å². The first-order chi connectivity index (χ1) is 10.9. The van der Waals surface area contributed by atoms with Crippen molar-refractivity contribution in [3.05, 3.63) is 28.3 Å². The van der Waals surface area contributed by atoms with Crippen LogP contribution in [0.25, 0.3) is 0 Å². The maximum atomic E-state index is 12.7. The molecule has 8 nitrogen and oxygen atoms in total. The van der Waals surface area contributed by atoms with Crippen molar-refractivity contribution in [1.82, 2.24) is 4.31 Å². The van der Waals surface area contributed by atoms with E-state index < -0.39 is 14.9 Å². The summed E-state index contributed by atoms with van der Waals surface area (Å²) < 4.78 is 31.8. The number of piperidine rings is 1. The van der Waals surface area contributed by atoms with Crippen LogP contribution in [0.3, 0.4) is 0 Å². The van der Waals surface area contributed by atoms with Crippen molar-refractivity contribution in [2.75, 3.05) is 26.7 Å². The number of rotatable bonds is 6. The lowest BCUT2D eigenvalue weighted by molar-refractivity contribution is -0.386. The lowest BCUT2D eigenvalue weighted by atomic mass is 9.96. The van der Waals surface area contributed by atoms with E-state index in [4.69, 9.17) is 10.5 Å². The number of ether oxygens (including phenoxy) is 1. The van der Waals surface area contributed by atoms with Crippen LogP contribution in [0.15, 0.2) is 23.1 Å². The van der Waals surface area contributed by atoms with Crippen LogP contribution in [0, 0.1) is 16.0 Å². The molecule has 23 heavy (non-hydrogen) atoms. The van der Waals surface area contributed by atoms with E-state index in [0.717, 1.165) is 25.3 Å². The van der Waals surface area contributed by atoms with Gasteiger partial charge in [0, 0.05) is 19.2 Å². The molecule has 2 rings (SSSR count). The van der Waals surface area contributed by atoms with Gasteiger partial charge in [-0.05, 0) is 43.9 Å². The third-order valence-electron chi connectivity index (χ3n) is 4.04. The summed E-state index contributed by atoms with van der Waals surface area (Å²) in [7, 11) is -2.46. The second kappa shape index (κ2) is 7.24. The van der Waals surface area contributed by atoms with E-state index in [9.17, 15) is 18.5 Å². The molecule has 0 spiro atoms. The molecule has 1 fully saturated rings. The average molecular weight is 343 g/mol.